The minimum Gasteiger partial charge on any atom is -0.486 e. The molecule has 0 unspecified atom stereocenters. The van der Waals surface area contributed by atoms with Crippen molar-refractivity contribution in [3.63, 3.8) is 0 Å². The molecule has 0 aromatic heterocycles. The fourth-order valence-corrected chi connectivity index (χ4v) is 4.20. The van der Waals surface area contributed by atoms with E-state index >= 15 is 0 Å². The lowest BCUT2D eigenvalue weighted by atomic mass is 10.2. The van der Waals surface area contributed by atoms with E-state index in [0.29, 0.717) is 23.0 Å². The molecule has 0 bridgehead atoms. The van der Waals surface area contributed by atoms with Crippen molar-refractivity contribution in [3.8, 4) is 11.5 Å². The van der Waals surface area contributed by atoms with E-state index in [4.69, 9.17) is 9.47 Å². The van der Waals surface area contributed by atoms with Gasteiger partial charge >= 0.3 is 0 Å². The Labute approximate surface area is 142 Å². The van der Waals surface area contributed by atoms with E-state index in [1.54, 1.807) is 13.1 Å². The molecule has 1 heterocycles. The maximum absolute atomic E-state index is 12.8. The number of hydrogen-bond acceptors (Lipinski definition) is 4. The van der Waals surface area contributed by atoms with Crippen molar-refractivity contribution in [1.82, 2.24) is 4.31 Å². The molecule has 2 aromatic rings. The Hall–Kier alpha value is -2.05. The van der Waals surface area contributed by atoms with Crippen molar-refractivity contribution in [2.75, 3.05) is 20.2 Å². The highest BCUT2D eigenvalue weighted by molar-refractivity contribution is 7.89. The van der Waals surface area contributed by atoms with Crippen LogP contribution in [-0.2, 0) is 10.0 Å². The summed E-state index contributed by atoms with van der Waals surface area (Å²) in [4.78, 5) is 0.327. The Morgan fingerprint density at radius 1 is 1.12 bits per heavy atom. The zero-order chi connectivity index (χ0) is 17.3. The molecule has 6 heteroatoms. The number of benzene rings is 2. The Morgan fingerprint density at radius 3 is 2.54 bits per heavy atom. The molecule has 0 aliphatic carbocycles. The van der Waals surface area contributed by atoms with Gasteiger partial charge in [-0.15, -0.1) is 0 Å². The first-order valence-electron chi connectivity index (χ1n) is 7.80. The first-order valence-corrected chi connectivity index (χ1v) is 9.24. The van der Waals surface area contributed by atoms with Gasteiger partial charge in [0.05, 0.1) is 11.4 Å². The van der Waals surface area contributed by atoms with Gasteiger partial charge in [0.25, 0.3) is 0 Å². The number of fused-ring (bicyclic) bond motifs is 1. The summed E-state index contributed by atoms with van der Waals surface area (Å²) in [6.07, 6.45) is -0.342. The molecule has 1 atom stereocenters. The molecule has 2 aromatic carbocycles. The molecule has 0 saturated heterocycles. The average molecular weight is 347 g/mol. The third-order valence-corrected chi connectivity index (χ3v) is 6.03. The molecule has 0 N–H and O–H groups in total. The number of aryl methyl sites for hydroxylation is 2. The number of likely N-dealkylation sites (N-methyl/N-ethyl adjacent to an activating group) is 1. The summed E-state index contributed by atoms with van der Waals surface area (Å²) in [5.74, 6) is 1.33. The summed E-state index contributed by atoms with van der Waals surface area (Å²) >= 11 is 0. The van der Waals surface area contributed by atoms with Crippen LogP contribution in [0.3, 0.4) is 0 Å². The van der Waals surface area contributed by atoms with Gasteiger partial charge < -0.3 is 9.47 Å². The molecule has 3 rings (SSSR count). The molecule has 1 aliphatic heterocycles. The molecule has 5 nitrogen and oxygen atoms in total. The summed E-state index contributed by atoms with van der Waals surface area (Å²) in [6, 6.07) is 12.7. The van der Waals surface area contributed by atoms with Gasteiger partial charge in [0, 0.05) is 7.05 Å². The zero-order valence-corrected chi connectivity index (χ0v) is 14.8. The van der Waals surface area contributed by atoms with Gasteiger partial charge in [-0.1, -0.05) is 29.8 Å². The van der Waals surface area contributed by atoms with Crippen molar-refractivity contribution < 1.29 is 17.9 Å². The van der Waals surface area contributed by atoms with Crippen LogP contribution in [0.5, 0.6) is 11.5 Å². The van der Waals surface area contributed by atoms with Crippen LogP contribution >= 0.6 is 0 Å². The van der Waals surface area contributed by atoms with Gasteiger partial charge in [0.15, 0.2) is 11.5 Å². The molecule has 128 valence electrons. The van der Waals surface area contributed by atoms with E-state index in [-0.39, 0.29) is 12.6 Å². The fraction of sp³-hybridized carbons (Fsp3) is 0.333. The van der Waals surface area contributed by atoms with Crippen LogP contribution in [0.1, 0.15) is 11.1 Å². The first-order chi connectivity index (χ1) is 11.4. The monoisotopic (exact) mass is 347 g/mol. The van der Waals surface area contributed by atoms with Gasteiger partial charge in [0.1, 0.15) is 12.7 Å². The van der Waals surface area contributed by atoms with Crippen LogP contribution in [0, 0.1) is 13.8 Å². The van der Waals surface area contributed by atoms with E-state index in [1.165, 1.54) is 4.31 Å². The topological polar surface area (TPSA) is 55.8 Å². The zero-order valence-electron chi connectivity index (χ0n) is 14.0. The van der Waals surface area contributed by atoms with E-state index in [1.807, 2.05) is 50.2 Å². The van der Waals surface area contributed by atoms with Gasteiger partial charge in [-0.25, -0.2) is 8.42 Å². The van der Waals surface area contributed by atoms with Crippen molar-refractivity contribution in [3.05, 3.63) is 53.6 Å². The standard InChI is InChI=1S/C18H21NO4S/c1-13-8-9-18(14(2)10-13)24(20,21)19(3)11-15-12-22-16-6-4-5-7-17(16)23-15/h4-10,15H,11-12H2,1-3H3/t15-/m0/s1. The van der Waals surface area contributed by atoms with Crippen LogP contribution in [-0.4, -0.2) is 39.0 Å². The van der Waals surface area contributed by atoms with E-state index in [0.717, 1.165) is 11.1 Å². The lowest BCUT2D eigenvalue weighted by molar-refractivity contribution is 0.0798. The molecule has 1 aliphatic rings. The summed E-state index contributed by atoms with van der Waals surface area (Å²) < 4.78 is 38.5. The number of hydrogen-bond donors (Lipinski definition) is 0. The molecule has 0 spiro atoms. The lowest BCUT2D eigenvalue weighted by Gasteiger charge is -2.29. The average Bonchev–Trinajstić information content (AvgIpc) is 2.54. The summed E-state index contributed by atoms with van der Waals surface area (Å²) in [7, 11) is -2.00. The number of para-hydroxylation sites is 2. The second-order valence-electron chi connectivity index (χ2n) is 6.05. The molecule has 0 amide bonds. The molecule has 24 heavy (non-hydrogen) atoms. The number of rotatable bonds is 4. The quantitative estimate of drug-likeness (QED) is 0.853. The van der Waals surface area contributed by atoms with E-state index in [9.17, 15) is 8.42 Å². The van der Waals surface area contributed by atoms with Gasteiger partial charge in [-0.05, 0) is 37.6 Å². The van der Waals surface area contributed by atoms with Crippen LogP contribution in [0.15, 0.2) is 47.4 Å². The predicted molar refractivity (Wildman–Crippen MR) is 92.1 cm³/mol. The Balaban J connectivity index is 1.76. The molecule has 0 saturated carbocycles. The highest BCUT2D eigenvalue weighted by Gasteiger charge is 2.28. The first kappa shape index (κ1) is 16.8. The summed E-state index contributed by atoms with van der Waals surface area (Å²) in [5, 5.41) is 0. The minimum absolute atomic E-state index is 0.226. The minimum atomic E-state index is -3.57. The smallest absolute Gasteiger partial charge is 0.243 e. The second kappa shape index (κ2) is 6.45. The van der Waals surface area contributed by atoms with Gasteiger partial charge in [-0.3, -0.25) is 0 Å². The highest BCUT2D eigenvalue weighted by atomic mass is 32.2. The van der Waals surface area contributed by atoms with Gasteiger partial charge in [-0.2, -0.15) is 4.31 Å². The van der Waals surface area contributed by atoms with Crippen molar-refractivity contribution in [1.29, 1.82) is 0 Å². The Kier molecular flexibility index (Phi) is 4.51. The summed E-state index contributed by atoms with van der Waals surface area (Å²) in [5.41, 5.74) is 1.78. The molecular weight excluding hydrogens is 326 g/mol. The third kappa shape index (κ3) is 3.25. The lowest BCUT2D eigenvalue weighted by Crippen LogP contribution is -2.41. The van der Waals surface area contributed by atoms with Gasteiger partial charge in [0.2, 0.25) is 10.0 Å². The van der Waals surface area contributed by atoms with Crippen LogP contribution in [0.4, 0.5) is 0 Å². The SMILES string of the molecule is Cc1ccc(S(=O)(=O)N(C)C[C@H]2COc3ccccc3O2)c(C)c1. The number of nitrogens with zero attached hydrogens (tertiary/aromatic N) is 1. The molecular formula is C18H21NO4S. The van der Waals surface area contributed by atoms with Crippen LogP contribution in [0.25, 0.3) is 0 Å². The van der Waals surface area contributed by atoms with E-state index < -0.39 is 10.0 Å². The van der Waals surface area contributed by atoms with Crippen LogP contribution in [0.2, 0.25) is 0 Å². The summed E-state index contributed by atoms with van der Waals surface area (Å²) in [6.45, 7) is 4.30. The number of ether oxygens (including phenoxy) is 2. The fourth-order valence-electron chi connectivity index (χ4n) is 2.79. The van der Waals surface area contributed by atoms with E-state index in [2.05, 4.69) is 0 Å². The van der Waals surface area contributed by atoms with Crippen molar-refractivity contribution in [2.24, 2.45) is 0 Å². The molecule has 0 fully saturated rings. The van der Waals surface area contributed by atoms with Crippen molar-refractivity contribution in [2.45, 2.75) is 24.8 Å². The normalized spacial score (nSPS) is 17.1. The largest absolute Gasteiger partial charge is 0.486 e. The van der Waals surface area contributed by atoms with Crippen molar-refractivity contribution >= 4 is 10.0 Å². The Bertz CT molecular complexity index is 848. The predicted octanol–water partition coefficient (Wildman–Crippen LogP) is 2.76. The number of sulfonamides is 1. The highest BCUT2D eigenvalue weighted by Crippen LogP contribution is 2.31. The Morgan fingerprint density at radius 2 is 1.83 bits per heavy atom. The maximum atomic E-state index is 12.8. The molecule has 0 radical (unpaired) electrons. The van der Waals surface area contributed by atoms with Crippen LogP contribution < -0.4 is 9.47 Å². The third-order valence-electron chi connectivity index (χ3n) is 4.05. The second-order valence-corrected chi connectivity index (χ2v) is 8.07. The maximum Gasteiger partial charge on any atom is 0.243 e.